The first-order valence-corrected chi connectivity index (χ1v) is 17.4. The van der Waals surface area contributed by atoms with Crippen molar-refractivity contribution in [3.8, 4) is 11.1 Å². The lowest BCUT2D eigenvalue weighted by molar-refractivity contribution is -0.903. The average Bonchev–Trinajstić information content (AvgIpc) is 2.96. The summed E-state index contributed by atoms with van der Waals surface area (Å²) in [6, 6.07) is 27.9. The second kappa shape index (κ2) is 17.7. The summed E-state index contributed by atoms with van der Waals surface area (Å²) in [5.41, 5.74) is 6.15. The van der Waals surface area contributed by atoms with E-state index in [1.165, 1.54) is 35.1 Å². The molecule has 230 valence electrons. The second-order valence-corrected chi connectivity index (χ2v) is 14.0. The molecule has 0 bridgehead atoms. The van der Waals surface area contributed by atoms with Crippen molar-refractivity contribution in [3.63, 3.8) is 0 Å². The van der Waals surface area contributed by atoms with E-state index >= 15 is 0 Å². The van der Waals surface area contributed by atoms with Gasteiger partial charge in [-0.3, -0.25) is 4.79 Å². The molecule has 0 aliphatic carbocycles. The molecule has 0 saturated carbocycles. The summed E-state index contributed by atoms with van der Waals surface area (Å²) in [6.45, 7) is 9.45. The van der Waals surface area contributed by atoms with E-state index in [1.807, 2.05) is 25.2 Å². The zero-order valence-electron chi connectivity index (χ0n) is 27.3. The van der Waals surface area contributed by atoms with E-state index in [4.69, 9.17) is 12.1 Å². The molecule has 5 nitrogen and oxygen atoms in total. The van der Waals surface area contributed by atoms with Crippen molar-refractivity contribution >= 4 is 21.6 Å². The van der Waals surface area contributed by atoms with Crippen LogP contribution in [0.15, 0.2) is 78.9 Å². The van der Waals surface area contributed by atoms with E-state index in [-0.39, 0.29) is 17.8 Å². The van der Waals surface area contributed by atoms with Crippen LogP contribution in [-0.4, -0.2) is 84.0 Å². The molecular formula is C36H52BN3O2P+. The number of quaternary nitrogens is 1. The first-order chi connectivity index (χ1) is 20.6. The summed E-state index contributed by atoms with van der Waals surface area (Å²) < 4.78 is 6.49. The van der Waals surface area contributed by atoms with Gasteiger partial charge in [0.1, 0.15) is 6.54 Å². The Morgan fingerprint density at radius 2 is 1.44 bits per heavy atom. The highest BCUT2D eigenvalue weighted by atomic mass is 31.1. The summed E-state index contributed by atoms with van der Waals surface area (Å²) in [5, 5.41) is 3.23. The summed E-state index contributed by atoms with van der Waals surface area (Å²) in [6.07, 6.45) is 3.85. The Hall–Kier alpha value is -2.50. The van der Waals surface area contributed by atoms with Gasteiger partial charge in [0.25, 0.3) is 0 Å². The first kappa shape index (κ1) is 35.0. The molecule has 2 radical (unpaired) electrons. The SMILES string of the molecule is [B]P(C)OC(=O)[C@@H](Cc1ccccc1)[C@@H](C)Cc1ccc(-c2ccc(C[N+](C)(C)CCCN(C)CCCNC)cc2)cc1. The molecule has 0 aromatic heterocycles. The molecule has 1 N–H and O–H groups in total. The van der Waals surface area contributed by atoms with Gasteiger partial charge >= 0.3 is 5.97 Å². The predicted molar refractivity (Wildman–Crippen MR) is 184 cm³/mol. The maximum Gasteiger partial charge on any atom is 0.311 e. The van der Waals surface area contributed by atoms with Crippen molar-refractivity contribution in [2.45, 2.75) is 39.2 Å². The molecule has 0 aliphatic heterocycles. The van der Waals surface area contributed by atoms with E-state index in [0.717, 1.165) is 49.2 Å². The fraction of sp³-hybridized carbons (Fsp3) is 0.472. The molecule has 1 unspecified atom stereocenters. The van der Waals surface area contributed by atoms with Crippen LogP contribution in [0.2, 0.25) is 0 Å². The Morgan fingerprint density at radius 1 is 0.884 bits per heavy atom. The van der Waals surface area contributed by atoms with Crippen molar-refractivity contribution in [1.82, 2.24) is 10.2 Å². The molecule has 0 saturated heterocycles. The average molecular weight is 601 g/mol. The van der Waals surface area contributed by atoms with Crippen LogP contribution in [0.3, 0.4) is 0 Å². The number of carbonyl (C=O) groups is 1. The molecule has 3 aromatic carbocycles. The lowest BCUT2D eigenvalue weighted by Gasteiger charge is -2.31. The monoisotopic (exact) mass is 600 g/mol. The molecule has 0 amide bonds. The van der Waals surface area contributed by atoms with Crippen LogP contribution in [0.4, 0.5) is 0 Å². The Balaban J connectivity index is 1.56. The van der Waals surface area contributed by atoms with Crippen LogP contribution in [0, 0.1) is 11.8 Å². The summed E-state index contributed by atoms with van der Waals surface area (Å²) in [5.74, 6) is -0.318. The van der Waals surface area contributed by atoms with Gasteiger partial charge in [0.2, 0.25) is 0 Å². The molecule has 0 fully saturated rings. The fourth-order valence-corrected chi connectivity index (χ4v) is 6.14. The smallest absolute Gasteiger partial charge is 0.311 e. The van der Waals surface area contributed by atoms with Gasteiger partial charge in [-0.2, -0.15) is 0 Å². The normalized spacial score (nSPS) is 13.9. The largest absolute Gasteiger partial charge is 0.457 e. The van der Waals surface area contributed by atoms with Crippen LogP contribution in [0.25, 0.3) is 11.1 Å². The Bertz CT molecular complexity index is 1220. The highest BCUT2D eigenvalue weighted by Crippen LogP contribution is 2.31. The number of nitrogens with zero attached hydrogens (tertiary/aromatic N) is 2. The molecular weight excluding hydrogens is 548 g/mol. The third-order valence-electron chi connectivity index (χ3n) is 8.20. The van der Waals surface area contributed by atoms with E-state index < -0.39 is 8.03 Å². The summed E-state index contributed by atoms with van der Waals surface area (Å²) >= 11 is 0. The highest BCUT2D eigenvalue weighted by Gasteiger charge is 2.28. The Kier molecular flexibility index (Phi) is 14.4. The maximum absolute atomic E-state index is 13.0. The van der Waals surface area contributed by atoms with Crippen molar-refractivity contribution in [2.75, 3.05) is 61.0 Å². The predicted octanol–water partition coefficient (Wildman–Crippen LogP) is 6.55. The quantitative estimate of drug-likeness (QED) is 0.0778. The second-order valence-electron chi connectivity index (χ2n) is 12.8. The lowest BCUT2D eigenvalue weighted by Crippen LogP contribution is -2.40. The van der Waals surface area contributed by atoms with Crippen molar-refractivity contribution in [3.05, 3.63) is 95.6 Å². The van der Waals surface area contributed by atoms with Gasteiger partial charge in [0.15, 0.2) is 7.57 Å². The molecule has 3 atom stereocenters. The minimum absolute atomic E-state index is 0.119. The molecule has 0 spiro atoms. The van der Waals surface area contributed by atoms with E-state index in [2.05, 4.69) is 98.9 Å². The third-order valence-corrected chi connectivity index (χ3v) is 8.67. The zero-order chi connectivity index (χ0) is 31.2. The number of hydrogen-bond acceptors (Lipinski definition) is 4. The molecule has 7 heteroatoms. The van der Waals surface area contributed by atoms with E-state index in [0.29, 0.717) is 6.42 Å². The summed E-state index contributed by atoms with van der Waals surface area (Å²) in [7, 11) is 13.5. The topological polar surface area (TPSA) is 41.6 Å². The standard InChI is InChI=1S/C36H52BN3O2P/c1-29(35(36(41)42-43(6)37)27-30-12-8-7-9-13-30)26-31-14-18-33(19-15-31)34-20-16-32(17-21-34)28-40(4,5)25-11-24-39(3)23-10-22-38-2/h7-9,12-21,29,35,38H,10-11,22-28H2,1-6H3/q+1/t29-,35-,43?/m0/s1. The number of benzene rings is 3. The molecule has 0 heterocycles. The Morgan fingerprint density at radius 3 is 2.02 bits per heavy atom. The zero-order valence-corrected chi connectivity index (χ0v) is 28.2. The minimum atomic E-state index is -1.23. The van der Waals surface area contributed by atoms with Gasteiger partial charge in [-0.25, -0.2) is 0 Å². The number of rotatable bonds is 18. The number of hydrogen-bond donors (Lipinski definition) is 1. The fourth-order valence-electron chi connectivity index (χ4n) is 5.72. The number of nitrogens with one attached hydrogen (secondary N) is 1. The maximum atomic E-state index is 13.0. The van der Waals surface area contributed by atoms with Gasteiger partial charge in [0, 0.05) is 26.6 Å². The van der Waals surface area contributed by atoms with Crippen LogP contribution in [-0.2, 0) is 28.7 Å². The van der Waals surface area contributed by atoms with Crippen LogP contribution >= 0.6 is 8.03 Å². The van der Waals surface area contributed by atoms with Crippen LogP contribution < -0.4 is 5.32 Å². The first-order valence-electron chi connectivity index (χ1n) is 15.6. The van der Waals surface area contributed by atoms with Gasteiger partial charge < -0.3 is 19.2 Å². The van der Waals surface area contributed by atoms with Crippen molar-refractivity contribution < 1.29 is 13.8 Å². The summed E-state index contributed by atoms with van der Waals surface area (Å²) in [4.78, 5) is 15.4. The molecule has 3 rings (SSSR count). The minimum Gasteiger partial charge on any atom is -0.457 e. The van der Waals surface area contributed by atoms with Crippen LogP contribution in [0.5, 0.6) is 0 Å². The molecule has 0 aliphatic rings. The number of carbonyl (C=O) groups excluding carboxylic acids is 1. The molecule has 43 heavy (non-hydrogen) atoms. The van der Waals surface area contributed by atoms with Gasteiger partial charge in [-0.15, -0.1) is 0 Å². The van der Waals surface area contributed by atoms with Crippen molar-refractivity contribution in [2.24, 2.45) is 11.8 Å². The van der Waals surface area contributed by atoms with E-state index in [1.54, 1.807) is 6.66 Å². The van der Waals surface area contributed by atoms with Gasteiger partial charge in [-0.05, 0) is 81.3 Å². The van der Waals surface area contributed by atoms with E-state index in [9.17, 15) is 4.79 Å². The molecule has 3 aromatic rings. The van der Waals surface area contributed by atoms with Crippen LogP contribution in [0.1, 0.15) is 36.5 Å². The van der Waals surface area contributed by atoms with Gasteiger partial charge in [0.05, 0.1) is 26.6 Å². The lowest BCUT2D eigenvalue weighted by atomic mass is 9.84. The van der Waals surface area contributed by atoms with Crippen molar-refractivity contribution in [1.29, 1.82) is 0 Å². The highest BCUT2D eigenvalue weighted by molar-refractivity contribution is 7.77. The van der Waals surface area contributed by atoms with Gasteiger partial charge in [-0.1, -0.05) is 85.8 Å². The third kappa shape index (κ3) is 12.6. The Labute approximate surface area is 263 Å².